The molecule has 1 aromatic carbocycles. The smallest absolute Gasteiger partial charge is 0.277 e. The number of piperidine rings is 1. The Balaban J connectivity index is 0.00000243. The van der Waals surface area contributed by atoms with Crippen LogP contribution in [0.15, 0.2) is 29.1 Å². The van der Waals surface area contributed by atoms with E-state index in [0.717, 1.165) is 38.9 Å². The molecule has 2 aromatic rings. The van der Waals surface area contributed by atoms with Crippen LogP contribution < -0.4 is 10.9 Å². The highest BCUT2D eigenvalue weighted by Crippen LogP contribution is 2.14. The number of rotatable bonds is 6. The second-order valence-electron chi connectivity index (χ2n) is 6.45. The van der Waals surface area contributed by atoms with Crippen molar-refractivity contribution in [2.24, 2.45) is 0 Å². The Morgan fingerprint density at radius 2 is 2.04 bits per heavy atom. The molecule has 2 heterocycles. The number of nitrogens with zero attached hydrogens (tertiary/aromatic N) is 4. The third-order valence-electron chi connectivity index (χ3n) is 4.70. The molecular weight excluding hydrogens is 354 g/mol. The van der Waals surface area contributed by atoms with Gasteiger partial charge in [-0.15, -0.1) is 17.5 Å². The number of halogens is 1. The number of aryl methyl sites for hydroxylation is 1. The second kappa shape index (κ2) is 9.64. The molecule has 26 heavy (non-hydrogen) atoms. The number of hydrogen-bond acceptors (Lipinski definition) is 5. The SMILES string of the molecule is CCCN(C(=O)CCn1nnc2ccccc2c1=O)C1CCNCC1.Cl. The van der Waals surface area contributed by atoms with E-state index < -0.39 is 0 Å². The van der Waals surface area contributed by atoms with Gasteiger partial charge in [-0.2, -0.15) is 0 Å². The highest BCUT2D eigenvalue weighted by Gasteiger charge is 2.24. The summed E-state index contributed by atoms with van der Waals surface area (Å²) in [4.78, 5) is 27.2. The van der Waals surface area contributed by atoms with Gasteiger partial charge in [-0.25, -0.2) is 4.68 Å². The third kappa shape index (κ3) is 4.59. The molecule has 1 aliphatic rings. The summed E-state index contributed by atoms with van der Waals surface area (Å²) in [6, 6.07) is 7.43. The van der Waals surface area contributed by atoms with Crippen LogP contribution in [0.5, 0.6) is 0 Å². The van der Waals surface area contributed by atoms with Crippen LogP contribution in [-0.4, -0.2) is 51.5 Å². The van der Waals surface area contributed by atoms with Crippen molar-refractivity contribution in [2.75, 3.05) is 19.6 Å². The predicted octanol–water partition coefficient (Wildman–Crippen LogP) is 1.59. The molecule has 0 atom stereocenters. The molecule has 142 valence electrons. The Morgan fingerprint density at radius 1 is 1.31 bits per heavy atom. The van der Waals surface area contributed by atoms with Crippen LogP contribution in [0.3, 0.4) is 0 Å². The summed E-state index contributed by atoms with van der Waals surface area (Å²) in [6.07, 6.45) is 3.19. The summed E-state index contributed by atoms with van der Waals surface area (Å²) < 4.78 is 1.30. The zero-order chi connectivity index (χ0) is 17.6. The summed E-state index contributed by atoms with van der Waals surface area (Å²) in [7, 11) is 0. The van der Waals surface area contributed by atoms with Crippen LogP contribution >= 0.6 is 12.4 Å². The van der Waals surface area contributed by atoms with E-state index in [4.69, 9.17) is 0 Å². The van der Waals surface area contributed by atoms with Gasteiger partial charge in [0.25, 0.3) is 5.56 Å². The molecule has 0 bridgehead atoms. The fraction of sp³-hybridized carbons (Fsp3) is 0.556. The van der Waals surface area contributed by atoms with Crippen LogP contribution in [0, 0.1) is 0 Å². The molecule has 0 radical (unpaired) electrons. The lowest BCUT2D eigenvalue weighted by molar-refractivity contribution is -0.134. The Labute approximate surface area is 159 Å². The molecule has 1 fully saturated rings. The molecule has 8 heteroatoms. The first-order valence-electron chi connectivity index (χ1n) is 9.03. The lowest BCUT2D eigenvalue weighted by Gasteiger charge is -2.34. The van der Waals surface area contributed by atoms with Crippen molar-refractivity contribution in [3.63, 3.8) is 0 Å². The zero-order valence-corrected chi connectivity index (χ0v) is 15.9. The Morgan fingerprint density at radius 3 is 2.77 bits per heavy atom. The highest BCUT2D eigenvalue weighted by atomic mass is 35.5. The van der Waals surface area contributed by atoms with Crippen LogP contribution in [0.25, 0.3) is 10.9 Å². The summed E-state index contributed by atoms with van der Waals surface area (Å²) >= 11 is 0. The first kappa shape index (κ1) is 20.3. The minimum Gasteiger partial charge on any atom is -0.340 e. The lowest BCUT2D eigenvalue weighted by atomic mass is 10.0. The maximum absolute atomic E-state index is 12.7. The van der Waals surface area contributed by atoms with E-state index in [1.165, 1.54) is 4.68 Å². The molecule has 1 aliphatic heterocycles. The molecular formula is C18H26ClN5O2. The van der Waals surface area contributed by atoms with Crippen molar-refractivity contribution in [1.29, 1.82) is 0 Å². The molecule has 0 spiro atoms. The highest BCUT2D eigenvalue weighted by molar-refractivity contribution is 5.85. The van der Waals surface area contributed by atoms with Crippen LogP contribution in [0.2, 0.25) is 0 Å². The molecule has 1 N–H and O–H groups in total. The Hall–Kier alpha value is -1.99. The lowest BCUT2D eigenvalue weighted by Crippen LogP contribution is -2.46. The molecule has 0 unspecified atom stereocenters. The fourth-order valence-electron chi connectivity index (χ4n) is 3.39. The van der Waals surface area contributed by atoms with Gasteiger partial charge < -0.3 is 10.2 Å². The van der Waals surface area contributed by atoms with Gasteiger partial charge in [-0.1, -0.05) is 24.3 Å². The largest absolute Gasteiger partial charge is 0.340 e. The Bertz CT molecular complexity index is 788. The number of amides is 1. The van der Waals surface area contributed by atoms with Crippen molar-refractivity contribution in [2.45, 2.75) is 45.2 Å². The fourth-order valence-corrected chi connectivity index (χ4v) is 3.39. The number of nitrogens with one attached hydrogen (secondary N) is 1. The molecule has 0 saturated carbocycles. The van der Waals surface area contributed by atoms with Gasteiger partial charge in [-0.05, 0) is 44.5 Å². The maximum Gasteiger partial charge on any atom is 0.277 e. The molecule has 3 rings (SSSR count). The topological polar surface area (TPSA) is 80.1 Å². The summed E-state index contributed by atoms with van der Waals surface area (Å²) in [5.74, 6) is 0.0932. The van der Waals surface area contributed by atoms with Gasteiger partial charge in [0, 0.05) is 19.0 Å². The van der Waals surface area contributed by atoms with E-state index in [2.05, 4.69) is 22.6 Å². The monoisotopic (exact) mass is 379 g/mol. The van der Waals surface area contributed by atoms with E-state index in [9.17, 15) is 9.59 Å². The molecule has 7 nitrogen and oxygen atoms in total. The van der Waals surface area contributed by atoms with Crippen molar-refractivity contribution in [1.82, 2.24) is 25.2 Å². The summed E-state index contributed by atoms with van der Waals surface area (Å²) in [6.45, 7) is 5.02. The van der Waals surface area contributed by atoms with Gasteiger partial charge in [-0.3, -0.25) is 9.59 Å². The standard InChI is InChI=1S/C18H25N5O2.ClH/c1-2-12-22(14-7-10-19-11-8-14)17(24)9-13-23-18(25)15-5-3-4-6-16(15)20-21-23;/h3-6,14,19H,2,7-13H2,1H3;1H. The average Bonchev–Trinajstić information content (AvgIpc) is 2.66. The van der Waals surface area contributed by atoms with Crippen LogP contribution in [0.1, 0.15) is 32.6 Å². The third-order valence-corrected chi connectivity index (χ3v) is 4.70. The molecule has 1 aromatic heterocycles. The summed E-state index contributed by atoms with van der Waals surface area (Å²) in [5, 5.41) is 11.9. The minimum absolute atomic E-state index is 0. The van der Waals surface area contributed by atoms with Gasteiger partial charge in [0.05, 0.1) is 11.9 Å². The van der Waals surface area contributed by atoms with E-state index in [1.807, 2.05) is 11.0 Å². The average molecular weight is 380 g/mol. The minimum atomic E-state index is -0.192. The van der Waals surface area contributed by atoms with Crippen molar-refractivity contribution in [3.05, 3.63) is 34.6 Å². The number of carbonyl (C=O) groups is 1. The van der Waals surface area contributed by atoms with E-state index in [-0.39, 0.29) is 36.8 Å². The van der Waals surface area contributed by atoms with Crippen LogP contribution in [0.4, 0.5) is 0 Å². The summed E-state index contributed by atoms with van der Waals surface area (Å²) in [5.41, 5.74) is 0.389. The predicted molar refractivity (Wildman–Crippen MR) is 104 cm³/mol. The molecule has 0 aliphatic carbocycles. The maximum atomic E-state index is 12.7. The molecule has 1 saturated heterocycles. The van der Waals surface area contributed by atoms with E-state index >= 15 is 0 Å². The first-order chi connectivity index (χ1) is 12.2. The number of aromatic nitrogens is 3. The van der Waals surface area contributed by atoms with Gasteiger partial charge >= 0.3 is 0 Å². The van der Waals surface area contributed by atoms with Crippen molar-refractivity contribution in [3.8, 4) is 0 Å². The Kier molecular flexibility index (Phi) is 7.53. The second-order valence-corrected chi connectivity index (χ2v) is 6.45. The number of carbonyl (C=O) groups excluding carboxylic acids is 1. The number of hydrogen-bond donors (Lipinski definition) is 1. The normalized spacial score (nSPS) is 14.8. The zero-order valence-electron chi connectivity index (χ0n) is 15.1. The quantitative estimate of drug-likeness (QED) is 0.824. The van der Waals surface area contributed by atoms with Crippen LogP contribution in [-0.2, 0) is 11.3 Å². The molecule has 1 amide bonds. The van der Waals surface area contributed by atoms with Gasteiger partial charge in [0.15, 0.2) is 0 Å². The van der Waals surface area contributed by atoms with Gasteiger partial charge in [0.2, 0.25) is 5.91 Å². The number of benzene rings is 1. The van der Waals surface area contributed by atoms with E-state index in [0.29, 0.717) is 16.9 Å². The van der Waals surface area contributed by atoms with Gasteiger partial charge in [0.1, 0.15) is 5.52 Å². The van der Waals surface area contributed by atoms with Crippen molar-refractivity contribution >= 4 is 29.2 Å². The van der Waals surface area contributed by atoms with E-state index in [1.54, 1.807) is 18.2 Å². The number of fused-ring (bicyclic) bond motifs is 1. The van der Waals surface area contributed by atoms with Crippen molar-refractivity contribution < 1.29 is 4.79 Å². The first-order valence-corrected chi connectivity index (χ1v) is 9.03.